The van der Waals surface area contributed by atoms with Crippen molar-refractivity contribution < 1.29 is 13.9 Å². The highest BCUT2D eigenvalue weighted by Crippen LogP contribution is 2.26. The molecule has 5 nitrogen and oxygen atoms in total. The molecule has 3 aromatic rings. The van der Waals surface area contributed by atoms with Gasteiger partial charge in [-0.2, -0.15) is 0 Å². The number of halogens is 1. The van der Waals surface area contributed by atoms with E-state index in [4.69, 9.17) is 4.74 Å². The first-order chi connectivity index (χ1) is 15.5. The Labute approximate surface area is 187 Å². The minimum Gasteiger partial charge on any atom is -0.495 e. The topological polar surface area (TPSA) is 56.1 Å². The number of carbonyl (C=O) groups excluding carboxylic acids is 1. The van der Waals surface area contributed by atoms with Gasteiger partial charge in [0.25, 0.3) is 0 Å². The summed E-state index contributed by atoms with van der Waals surface area (Å²) in [7, 11) is 1.65. The van der Waals surface area contributed by atoms with E-state index in [9.17, 15) is 9.18 Å². The number of amides is 1. The molecule has 0 atom stereocenters. The van der Waals surface area contributed by atoms with Gasteiger partial charge < -0.3 is 14.6 Å². The van der Waals surface area contributed by atoms with Crippen molar-refractivity contribution >= 4 is 12.0 Å². The molecule has 1 amide bonds. The summed E-state index contributed by atoms with van der Waals surface area (Å²) in [5, 5.41) is 2.87. The maximum Gasteiger partial charge on any atom is 0.247 e. The van der Waals surface area contributed by atoms with Crippen molar-refractivity contribution in [2.75, 3.05) is 13.7 Å². The number of methoxy groups -OCH3 is 1. The minimum absolute atomic E-state index is 0.0273. The number of fused-ring (bicyclic) bond motifs is 1. The van der Waals surface area contributed by atoms with Crippen LogP contribution < -0.4 is 10.1 Å². The second-order valence-corrected chi connectivity index (χ2v) is 8.15. The van der Waals surface area contributed by atoms with Gasteiger partial charge in [0.1, 0.15) is 11.6 Å². The lowest BCUT2D eigenvalue weighted by molar-refractivity contribution is -0.118. The van der Waals surface area contributed by atoms with Crippen LogP contribution >= 0.6 is 0 Å². The minimum atomic E-state index is -0.0966. The van der Waals surface area contributed by atoms with Gasteiger partial charge in [-0.3, -0.25) is 4.79 Å². The van der Waals surface area contributed by atoms with Gasteiger partial charge in [0.2, 0.25) is 5.91 Å². The Balaban J connectivity index is 0.000000203. The first-order valence-corrected chi connectivity index (χ1v) is 11.0. The Morgan fingerprint density at radius 2 is 1.94 bits per heavy atom. The molecular weight excluding hydrogens is 405 g/mol. The molecule has 2 aliphatic rings. The fraction of sp³-hybridized carbons (Fsp3) is 0.308. The molecule has 1 aromatic heterocycles. The molecule has 0 unspecified atom stereocenters. The number of carbonyl (C=O) groups is 1. The Kier molecular flexibility index (Phi) is 6.69. The molecule has 1 aliphatic carbocycles. The maximum atomic E-state index is 12.6. The number of nitrogens with one attached hydrogen (secondary N) is 1. The summed E-state index contributed by atoms with van der Waals surface area (Å²) in [4.78, 5) is 16.1. The van der Waals surface area contributed by atoms with Gasteiger partial charge in [0.05, 0.1) is 24.8 Å². The molecule has 32 heavy (non-hydrogen) atoms. The predicted molar refractivity (Wildman–Crippen MR) is 123 cm³/mol. The van der Waals surface area contributed by atoms with Gasteiger partial charge in [-0.25, -0.2) is 9.37 Å². The summed E-state index contributed by atoms with van der Waals surface area (Å²) < 4.78 is 20.0. The molecule has 0 spiro atoms. The van der Waals surface area contributed by atoms with E-state index in [0.29, 0.717) is 0 Å². The van der Waals surface area contributed by atoms with Crippen LogP contribution in [0.15, 0.2) is 54.5 Å². The molecule has 6 heteroatoms. The van der Waals surface area contributed by atoms with Crippen LogP contribution in [-0.4, -0.2) is 29.1 Å². The molecule has 0 radical (unpaired) electrons. The number of aryl methyl sites for hydroxylation is 3. The fourth-order valence-electron chi connectivity index (χ4n) is 4.14. The largest absolute Gasteiger partial charge is 0.495 e. The van der Waals surface area contributed by atoms with E-state index in [1.807, 2.05) is 48.0 Å². The predicted octanol–water partition coefficient (Wildman–Crippen LogP) is 4.80. The summed E-state index contributed by atoms with van der Waals surface area (Å²) in [5.41, 5.74) is 6.20. The standard InChI is InChI=1S/C17H19N3O2.C9H9F/c1-12-10-20(11-19-12)15-6-5-13(9-16(15)22-2)8-14-4-3-7-18-17(14)21;10-9-5-4-7-2-1-3-8(7)6-9/h5-6,8-11H,3-4,7H2,1-2H3,(H,18,21);4-6H,1-3H2/b14-8+;. The monoisotopic (exact) mass is 433 g/mol. The van der Waals surface area contributed by atoms with Crippen molar-refractivity contribution in [1.29, 1.82) is 0 Å². The van der Waals surface area contributed by atoms with Crippen LogP contribution in [-0.2, 0) is 17.6 Å². The molecule has 1 N–H and O–H groups in total. The third-order valence-corrected chi connectivity index (χ3v) is 5.80. The Morgan fingerprint density at radius 3 is 2.69 bits per heavy atom. The highest BCUT2D eigenvalue weighted by molar-refractivity contribution is 5.98. The lowest BCUT2D eigenvalue weighted by atomic mass is 10.0. The van der Waals surface area contributed by atoms with Crippen LogP contribution in [0.1, 0.15) is 41.6 Å². The van der Waals surface area contributed by atoms with Gasteiger partial charge in [0.15, 0.2) is 0 Å². The van der Waals surface area contributed by atoms with E-state index >= 15 is 0 Å². The number of hydrogen-bond acceptors (Lipinski definition) is 3. The van der Waals surface area contributed by atoms with E-state index in [2.05, 4.69) is 10.3 Å². The summed E-state index contributed by atoms with van der Waals surface area (Å²) in [6, 6.07) is 11.0. The second kappa shape index (κ2) is 9.81. The zero-order chi connectivity index (χ0) is 22.5. The maximum absolute atomic E-state index is 12.6. The molecule has 1 aliphatic heterocycles. The molecule has 5 rings (SSSR count). The van der Waals surface area contributed by atoms with Crippen molar-refractivity contribution in [2.45, 2.75) is 39.0 Å². The molecule has 1 saturated heterocycles. The van der Waals surface area contributed by atoms with Crippen LogP contribution in [0, 0.1) is 12.7 Å². The lowest BCUT2D eigenvalue weighted by Crippen LogP contribution is -2.30. The van der Waals surface area contributed by atoms with E-state index in [-0.39, 0.29) is 11.7 Å². The van der Waals surface area contributed by atoms with Crippen LogP contribution in [0.4, 0.5) is 4.39 Å². The zero-order valence-corrected chi connectivity index (χ0v) is 18.5. The van der Waals surface area contributed by atoms with Crippen molar-refractivity contribution in [2.24, 2.45) is 0 Å². The van der Waals surface area contributed by atoms with Gasteiger partial charge in [-0.05, 0) is 86.1 Å². The van der Waals surface area contributed by atoms with E-state index < -0.39 is 0 Å². The first-order valence-electron chi connectivity index (χ1n) is 11.0. The number of rotatable bonds is 3. The molecule has 2 aromatic carbocycles. The number of imidazole rings is 1. The molecule has 166 valence electrons. The van der Waals surface area contributed by atoms with Gasteiger partial charge in [0, 0.05) is 18.3 Å². The SMILES string of the molecule is COc1cc(/C=C2\CCCNC2=O)ccc1-n1cnc(C)c1.Fc1ccc2c(c1)CCC2. The van der Waals surface area contributed by atoms with Crippen molar-refractivity contribution in [3.8, 4) is 11.4 Å². The van der Waals surface area contributed by atoms with E-state index in [0.717, 1.165) is 60.5 Å². The van der Waals surface area contributed by atoms with E-state index in [1.165, 1.54) is 17.5 Å². The molecule has 1 fully saturated rings. The molecule has 2 heterocycles. The Bertz CT molecular complexity index is 1150. The number of hydrogen-bond donors (Lipinski definition) is 1. The van der Waals surface area contributed by atoms with Crippen molar-refractivity contribution in [1.82, 2.24) is 14.9 Å². The quantitative estimate of drug-likeness (QED) is 0.604. The van der Waals surface area contributed by atoms with Crippen LogP contribution in [0.5, 0.6) is 5.75 Å². The molecular formula is C26H28FN3O2. The summed E-state index contributed by atoms with van der Waals surface area (Å²) in [6.07, 6.45) is 10.8. The third-order valence-electron chi connectivity index (χ3n) is 5.80. The smallest absolute Gasteiger partial charge is 0.247 e. The van der Waals surface area contributed by atoms with Crippen molar-refractivity contribution in [3.63, 3.8) is 0 Å². The first kappa shape index (κ1) is 21.8. The Hall–Kier alpha value is -3.41. The summed E-state index contributed by atoms with van der Waals surface area (Å²) >= 11 is 0. The number of ether oxygens (including phenoxy) is 1. The van der Waals surface area contributed by atoms with E-state index in [1.54, 1.807) is 25.6 Å². The highest BCUT2D eigenvalue weighted by Gasteiger charge is 2.14. The molecule has 0 bridgehead atoms. The summed E-state index contributed by atoms with van der Waals surface area (Å²) in [5.74, 6) is 0.683. The Morgan fingerprint density at radius 1 is 1.09 bits per heavy atom. The number of aromatic nitrogens is 2. The normalized spacial score (nSPS) is 16.2. The van der Waals surface area contributed by atoms with Crippen LogP contribution in [0.2, 0.25) is 0 Å². The van der Waals surface area contributed by atoms with Crippen LogP contribution in [0.3, 0.4) is 0 Å². The van der Waals surface area contributed by atoms with Gasteiger partial charge in [-0.15, -0.1) is 0 Å². The lowest BCUT2D eigenvalue weighted by Gasteiger charge is -2.15. The molecule has 0 saturated carbocycles. The van der Waals surface area contributed by atoms with Gasteiger partial charge in [-0.1, -0.05) is 12.1 Å². The van der Waals surface area contributed by atoms with Gasteiger partial charge >= 0.3 is 0 Å². The third kappa shape index (κ3) is 5.07. The average molecular weight is 434 g/mol. The van der Waals surface area contributed by atoms with Crippen LogP contribution in [0.25, 0.3) is 11.8 Å². The van der Waals surface area contributed by atoms with Crippen molar-refractivity contribution in [3.05, 3.63) is 82.7 Å². The number of nitrogens with zero attached hydrogens (tertiary/aromatic N) is 2. The zero-order valence-electron chi connectivity index (χ0n) is 18.5. The highest BCUT2D eigenvalue weighted by atomic mass is 19.1. The number of piperidine rings is 1. The summed E-state index contributed by atoms with van der Waals surface area (Å²) in [6.45, 7) is 2.71. The number of benzene rings is 2. The fourth-order valence-corrected chi connectivity index (χ4v) is 4.14. The average Bonchev–Trinajstić information content (AvgIpc) is 3.44. The second-order valence-electron chi connectivity index (χ2n) is 8.15.